The number of halogens is 1. The molecule has 0 amide bonds. The molecule has 7 heteroatoms. The van der Waals surface area contributed by atoms with Crippen LogP contribution in [0.15, 0.2) is 16.5 Å². The molecule has 2 rings (SSSR count). The fraction of sp³-hybridized carbons (Fsp3) is 0.333. The molecule has 0 saturated heterocycles. The molecule has 1 unspecified atom stereocenters. The predicted octanol–water partition coefficient (Wildman–Crippen LogP) is 1.79. The van der Waals surface area contributed by atoms with E-state index in [2.05, 4.69) is 9.97 Å². The molecule has 0 aliphatic rings. The summed E-state index contributed by atoms with van der Waals surface area (Å²) in [5, 5.41) is 21.8. The van der Waals surface area contributed by atoms with E-state index in [1.165, 1.54) is 23.1 Å². The lowest BCUT2D eigenvalue weighted by Crippen LogP contribution is -2.14. The highest BCUT2D eigenvalue weighted by Crippen LogP contribution is 2.29. The number of thiophene rings is 1. The van der Waals surface area contributed by atoms with Crippen LogP contribution >= 0.6 is 34.7 Å². The molecule has 0 saturated carbocycles. The van der Waals surface area contributed by atoms with Crippen molar-refractivity contribution < 1.29 is 10.2 Å². The molecule has 0 aromatic carbocycles. The van der Waals surface area contributed by atoms with E-state index in [0.29, 0.717) is 5.75 Å². The predicted molar refractivity (Wildman–Crippen MR) is 66.2 cm³/mol. The largest absolute Gasteiger partial charge is 0.394 e. The maximum Gasteiger partial charge on any atom is 0.224 e. The van der Waals surface area contributed by atoms with Gasteiger partial charge in [-0.25, -0.2) is 9.97 Å². The summed E-state index contributed by atoms with van der Waals surface area (Å²) in [5.74, 6) is 0.384. The SMILES string of the molecule is OCC(O)CSc1nc(Cl)nc2sccc12. The molecule has 0 radical (unpaired) electrons. The van der Waals surface area contributed by atoms with Crippen molar-refractivity contribution in [2.75, 3.05) is 12.4 Å². The number of nitrogens with zero attached hydrogens (tertiary/aromatic N) is 2. The molecule has 2 aromatic heterocycles. The van der Waals surface area contributed by atoms with E-state index in [1.54, 1.807) is 0 Å². The van der Waals surface area contributed by atoms with E-state index in [4.69, 9.17) is 16.7 Å². The van der Waals surface area contributed by atoms with Gasteiger partial charge in [0.1, 0.15) is 9.86 Å². The maximum atomic E-state index is 9.27. The highest BCUT2D eigenvalue weighted by Gasteiger charge is 2.10. The molecule has 0 aliphatic carbocycles. The second-order valence-corrected chi connectivity index (χ2v) is 5.33. The number of aromatic nitrogens is 2. The van der Waals surface area contributed by atoms with E-state index in [1.807, 2.05) is 11.4 Å². The Kier molecular flexibility index (Phi) is 3.99. The molecule has 2 N–H and O–H groups in total. The van der Waals surface area contributed by atoms with Gasteiger partial charge in [-0.1, -0.05) is 0 Å². The molecular formula is C9H9ClN2O2S2. The van der Waals surface area contributed by atoms with Gasteiger partial charge in [-0.3, -0.25) is 0 Å². The van der Waals surface area contributed by atoms with E-state index >= 15 is 0 Å². The van der Waals surface area contributed by atoms with E-state index < -0.39 is 6.10 Å². The van der Waals surface area contributed by atoms with Crippen LogP contribution in [0.25, 0.3) is 10.2 Å². The Labute approximate surface area is 105 Å². The van der Waals surface area contributed by atoms with Gasteiger partial charge in [0.05, 0.1) is 12.7 Å². The second kappa shape index (κ2) is 5.29. The van der Waals surface area contributed by atoms with Crippen molar-refractivity contribution in [3.8, 4) is 0 Å². The summed E-state index contributed by atoms with van der Waals surface area (Å²) < 4.78 is 0. The summed E-state index contributed by atoms with van der Waals surface area (Å²) in [5.41, 5.74) is 0. The van der Waals surface area contributed by atoms with Crippen LogP contribution in [-0.2, 0) is 0 Å². The van der Waals surface area contributed by atoms with E-state index in [9.17, 15) is 5.11 Å². The summed E-state index contributed by atoms with van der Waals surface area (Å²) in [6.45, 7) is -0.251. The van der Waals surface area contributed by atoms with Crippen LogP contribution in [0.2, 0.25) is 5.28 Å². The smallest absolute Gasteiger partial charge is 0.224 e. The fourth-order valence-corrected chi connectivity index (χ4v) is 3.17. The molecule has 0 spiro atoms. The minimum atomic E-state index is -0.743. The Morgan fingerprint density at radius 1 is 1.50 bits per heavy atom. The van der Waals surface area contributed by atoms with Crippen LogP contribution in [0, 0.1) is 0 Å². The number of hydrogen-bond acceptors (Lipinski definition) is 6. The van der Waals surface area contributed by atoms with Crippen molar-refractivity contribution in [1.82, 2.24) is 9.97 Å². The Bertz CT molecular complexity index is 491. The third-order valence-corrected chi connectivity index (χ3v) is 4.00. The first kappa shape index (κ1) is 12.1. The average molecular weight is 277 g/mol. The third kappa shape index (κ3) is 2.64. The van der Waals surface area contributed by atoms with Crippen LogP contribution in [0.5, 0.6) is 0 Å². The first-order valence-electron chi connectivity index (χ1n) is 4.53. The lowest BCUT2D eigenvalue weighted by atomic mass is 10.4. The Balaban J connectivity index is 2.25. The highest BCUT2D eigenvalue weighted by molar-refractivity contribution is 7.99. The van der Waals surface area contributed by atoms with Gasteiger partial charge < -0.3 is 10.2 Å². The van der Waals surface area contributed by atoms with Gasteiger partial charge in [0.15, 0.2) is 0 Å². The molecule has 2 heterocycles. The molecule has 16 heavy (non-hydrogen) atoms. The molecule has 0 fully saturated rings. The van der Waals surface area contributed by atoms with Gasteiger partial charge in [0, 0.05) is 11.1 Å². The van der Waals surface area contributed by atoms with Gasteiger partial charge in [0.2, 0.25) is 5.28 Å². The molecule has 2 aromatic rings. The zero-order valence-electron chi connectivity index (χ0n) is 8.13. The van der Waals surface area contributed by atoms with Gasteiger partial charge in [0.25, 0.3) is 0 Å². The lowest BCUT2D eigenvalue weighted by Gasteiger charge is -2.06. The first-order chi connectivity index (χ1) is 7.70. The van der Waals surface area contributed by atoms with Gasteiger partial charge >= 0.3 is 0 Å². The Hall–Kier alpha value is -0.400. The molecule has 86 valence electrons. The summed E-state index contributed by atoms with van der Waals surface area (Å²) in [7, 11) is 0. The monoisotopic (exact) mass is 276 g/mol. The standard InChI is InChI=1S/C9H9ClN2O2S2/c10-9-11-7-6(1-2-15-7)8(12-9)16-4-5(14)3-13/h1-2,5,13-14H,3-4H2. The minimum Gasteiger partial charge on any atom is -0.394 e. The van der Waals surface area contributed by atoms with Crippen molar-refractivity contribution >= 4 is 44.9 Å². The van der Waals surface area contributed by atoms with Crippen LogP contribution in [-0.4, -0.2) is 38.6 Å². The fourth-order valence-electron chi connectivity index (χ4n) is 1.14. The average Bonchev–Trinajstić information content (AvgIpc) is 2.73. The van der Waals surface area contributed by atoms with Gasteiger partial charge in [-0.15, -0.1) is 23.1 Å². The Morgan fingerprint density at radius 2 is 2.31 bits per heavy atom. The van der Waals surface area contributed by atoms with Crippen molar-refractivity contribution in [2.24, 2.45) is 0 Å². The highest BCUT2D eigenvalue weighted by atomic mass is 35.5. The topological polar surface area (TPSA) is 66.2 Å². The maximum absolute atomic E-state index is 9.27. The normalized spacial score (nSPS) is 13.2. The second-order valence-electron chi connectivity index (χ2n) is 3.08. The van der Waals surface area contributed by atoms with Crippen molar-refractivity contribution in [3.63, 3.8) is 0 Å². The van der Waals surface area contributed by atoms with E-state index in [0.717, 1.165) is 15.2 Å². The summed E-state index contributed by atoms with van der Waals surface area (Å²) >= 11 is 8.65. The van der Waals surface area contributed by atoms with Crippen LogP contribution in [0.4, 0.5) is 0 Å². The van der Waals surface area contributed by atoms with E-state index in [-0.39, 0.29) is 11.9 Å². The van der Waals surface area contributed by atoms with Gasteiger partial charge in [-0.2, -0.15) is 0 Å². The number of aliphatic hydroxyl groups excluding tert-OH is 2. The summed E-state index contributed by atoms with van der Waals surface area (Å²) in [6.07, 6.45) is -0.743. The number of hydrogen-bond donors (Lipinski definition) is 2. The lowest BCUT2D eigenvalue weighted by molar-refractivity contribution is 0.113. The zero-order chi connectivity index (χ0) is 11.5. The number of thioether (sulfide) groups is 1. The molecule has 0 aliphatic heterocycles. The molecular weight excluding hydrogens is 268 g/mol. The van der Waals surface area contributed by atoms with Gasteiger partial charge in [-0.05, 0) is 23.0 Å². The number of rotatable bonds is 4. The van der Waals surface area contributed by atoms with Crippen molar-refractivity contribution in [3.05, 3.63) is 16.7 Å². The zero-order valence-corrected chi connectivity index (χ0v) is 10.5. The Morgan fingerprint density at radius 3 is 3.06 bits per heavy atom. The molecule has 0 bridgehead atoms. The first-order valence-corrected chi connectivity index (χ1v) is 6.77. The summed E-state index contributed by atoms with van der Waals surface area (Å²) in [4.78, 5) is 9.04. The number of fused-ring (bicyclic) bond motifs is 1. The van der Waals surface area contributed by atoms with Crippen molar-refractivity contribution in [2.45, 2.75) is 11.1 Å². The summed E-state index contributed by atoms with van der Waals surface area (Å²) in [6, 6.07) is 1.92. The van der Waals surface area contributed by atoms with Crippen LogP contribution < -0.4 is 0 Å². The molecule has 4 nitrogen and oxygen atoms in total. The number of aliphatic hydroxyl groups is 2. The van der Waals surface area contributed by atoms with Crippen molar-refractivity contribution in [1.29, 1.82) is 0 Å². The third-order valence-electron chi connectivity index (χ3n) is 1.89. The molecule has 1 atom stereocenters. The van der Waals surface area contributed by atoms with Crippen LogP contribution in [0.3, 0.4) is 0 Å². The van der Waals surface area contributed by atoms with Crippen LogP contribution in [0.1, 0.15) is 0 Å². The minimum absolute atomic E-state index is 0.205. The quantitative estimate of drug-likeness (QED) is 0.506.